The normalized spacial score (nSPS) is 10.9. The average Bonchev–Trinajstić information content (AvgIpc) is 2.84. The molecular weight excluding hydrogens is 283 g/mol. The summed E-state index contributed by atoms with van der Waals surface area (Å²) < 4.78 is 1.88. The van der Waals surface area contributed by atoms with Gasteiger partial charge in [-0.05, 0) is 37.6 Å². The standard InChI is InChI=1S/C13H16Cl2N4/c1-2-19-13(17-9-18-19)8-16-6-5-10-3-4-11(14)7-12(10)15/h3-4,7,9,16H,2,5-6,8H2,1H3. The van der Waals surface area contributed by atoms with E-state index in [1.807, 2.05) is 23.7 Å². The van der Waals surface area contributed by atoms with Crippen molar-refractivity contribution in [2.45, 2.75) is 26.4 Å². The Morgan fingerprint density at radius 1 is 1.32 bits per heavy atom. The molecule has 1 aromatic heterocycles. The first kappa shape index (κ1) is 14.3. The van der Waals surface area contributed by atoms with E-state index < -0.39 is 0 Å². The fourth-order valence-corrected chi connectivity index (χ4v) is 2.34. The Balaban J connectivity index is 1.81. The van der Waals surface area contributed by atoms with Gasteiger partial charge in [-0.3, -0.25) is 0 Å². The number of hydrogen-bond donors (Lipinski definition) is 1. The van der Waals surface area contributed by atoms with Crippen LogP contribution in [0.1, 0.15) is 18.3 Å². The second kappa shape index (κ2) is 6.89. The van der Waals surface area contributed by atoms with E-state index in [9.17, 15) is 0 Å². The van der Waals surface area contributed by atoms with Crippen LogP contribution in [-0.2, 0) is 19.5 Å². The van der Waals surface area contributed by atoms with E-state index in [2.05, 4.69) is 15.4 Å². The molecule has 1 N–H and O–H groups in total. The Kier molecular flexibility index (Phi) is 5.19. The van der Waals surface area contributed by atoms with Crippen LogP contribution < -0.4 is 5.32 Å². The highest BCUT2D eigenvalue weighted by molar-refractivity contribution is 6.35. The maximum atomic E-state index is 6.12. The van der Waals surface area contributed by atoms with Gasteiger partial charge in [-0.25, -0.2) is 9.67 Å². The Bertz CT molecular complexity index is 539. The van der Waals surface area contributed by atoms with Gasteiger partial charge < -0.3 is 5.32 Å². The minimum atomic E-state index is 0.665. The highest BCUT2D eigenvalue weighted by Gasteiger charge is 2.03. The molecule has 0 aliphatic heterocycles. The van der Waals surface area contributed by atoms with E-state index in [4.69, 9.17) is 23.2 Å². The number of rotatable bonds is 6. The number of aryl methyl sites for hydroxylation is 1. The van der Waals surface area contributed by atoms with Crippen molar-refractivity contribution in [2.75, 3.05) is 6.54 Å². The summed E-state index contributed by atoms with van der Waals surface area (Å²) in [6.07, 6.45) is 2.44. The first-order valence-electron chi connectivity index (χ1n) is 6.22. The van der Waals surface area contributed by atoms with Crippen LogP contribution in [0.4, 0.5) is 0 Å². The molecule has 4 nitrogen and oxygen atoms in total. The van der Waals surface area contributed by atoms with Crippen molar-refractivity contribution >= 4 is 23.2 Å². The number of halogens is 2. The second-order valence-corrected chi connectivity index (χ2v) is 5.00. The van der Waals surface area contributed by atoms with Gasteiger partial charge in [0.05, 0.1) is 6.54 Å². The zero-order valence-electron chi connectivity index (χ0n) is 10.7. The number of nitrogens with zero attached hydrogens (tertiary/aromatic N) is 3. The van der Waals surface area contributed by atoms with Crippen LogP contribution in [0, 0.1) is 0 Å². The van der Waals surface area contributed by atoms with E-state index >= 15 is 0 Å². The predicted octanol–water partition coefficient (Wildman–Crippen LogP) is 2.94. The predicted molar refractivity (Wildman–Crippen MR) is 77.6 cm³/mol. The molecule has 0 spiro atoms. The van der Waals surface area contributed by atoms with Crippen molar-refractivity contribution < 1.29 is 0 Å². The van der Waals surface area contributed by atoms with Crippen LogP contribution in [0.15, 0.2) is 24.5 Å². The zero-order chi connectivity index (χ0) is 13.7. The molecule has 6 heteroatoms. The molecule has 1 aromatic carbocycles. The lowest BCUT2D eigenvalue weighted by Gasteiger charge is -2.07. The minimum Gasteiger partial charge on any atom is -0.310 e. The van der Waals surface area contributed by atoms with Crippen LogP contribution >= 0.6 is 23.2 Å². The Hall–Kier alpha value is -1.10. The number of nitrogens with one attached hydrogen (secondary N) is 1. The van der Waals surface area contributed by atoms with E-state index in [0.29, 0.717) is 16.6 Å². The van der Waals surface area contributed by atoms with Crippen molar-refractivity contribution in [2.24, 2.45) is 0 Å². The van der Waals surface area contributed by atoms with Gasteiger partial charge in [-0.1, -0.05) is 29.3 Å². The summed E-state index contributed by atoms with van der Waals surface area (Å²) >= 11 is 12.0. The molecule has 0 amide bonds. The Morgan fingerprint density at radius 3 is 2.89 bits per heavy atom. The van der Waals surface area contributed by atoms with Gasteiger partial charge in [0, 0.05) is 16.6 Å². The fraction of sp³-hybridized carbons (Fsp3) is 0.385. The van der Waals surface area contributed by atoms with E-state index in [1.165, 1.54) is 0 Å². The molecule has 102 valence electrons. The van der Waals surface area contributed by atoms with Gasteiger partial charge >= 0.3 is 0 Å². The maximum absolute atomic E-state index is 6.12. The zero-order valence-corrected chi connectivity index (χ0v) is 12.2. The molecule has 19 heavy (non-hydrogen) atoms. The fourth-order valence-electron chi connectivity index (χ4n) is 1.84. The summed E-state index contributed by atoms with van der Waals surface area (Å²) in [5.74, 6) is 0.949. The van der Waals surface area contributed by atoms with Crippen molar-refractivity contribution in [3.8, 4) is 0 Å². The molecule has 0 bridgehead atoms. The van der Waals surface area contributed by atoms with Gasteiger partial charge in [0.1, 0.15) is 12.2 Å². The van der Waals surface area contributed by atoms with Crippen molar-refractivity contribution in [1.82, 2.24) is 20.1 Å². The van der Waals surface area contributed by atoms with Crippen LogP contribution in [0.5, 0.6) is 0 Å². The molecule has 0 aliphatic carbocycles. The third-order valence-corrected chi connectivity index (χ3v) is 3.45. The molecular formula is C13H16Cl2N4. The first-order chi connectivity index (χ1) is 9.20. The van der Waals surface area contributed by atoms with Gasteiger partial charge in [-0.15, -0.1) is 0 Å². The van der Waals surface area contributed by atoms with Gasteiger partial charge in [-0.2, -0.15) is 5.10 Å². The summed E-state index contributed by atoms with van der Waals surface area (Å²) in [5.41, 5.74) is 1.09. The molecule has 0 saturated heterocycles. The monoisotopic (exact) mass is 298 g/mol. The topological polar surface area (TPSA) is 42.7 Å². The van der Waals surface area contributed by atoms with Crippen LogP contribution in [-0.4, -0.2) is 21.3 Å². The van der Waals surface area contributed by atoms with Gasteiger partial charge in [0.25, 0.3) is 0 Å². The number of aromatic nitrogens is 3. The average molecular weight is 299 g/mol. The van der Waals surface area contributed by atoms with E-state index in [0.717, 1.165) is 30.9 Å². The van der Waals surface area contributed by atoms with Crippen LogP contribution in [0.3, 0.4) is 0 Å². The summed E-state index contributed by atoms with van der Waals surface area (Å²) in [5, 5.41) is 8.84. The highest BCUT2D eigenvalue weighted by atomic mass is 35.5. The number of benzene rings is 1. The summed E-state index contributed by atoms with van der Waals surface area (Å²) in [7, 11) is 0. The molecule has 0 atom stereocenters. The van der Waals surface area contributed by atoms with Crippen molar-refractivity contribution in [3.63, 3.8) is 0 Å². The smallest absolute Gasteiger partial charge is 0.140 e. The molecule has 0 saturated carbocycles. The Morgan fingerprint density at radius 2 is 2.16 bits per heavy atom. The maximum Gasteiger partial charge on any atom is 0.140 e. The largest absolute Gasteiger partial charge is 0.310 e. The molecule has 0 radical (unpaired) electrons. The highest BCUT2D eigenvalue weighted by Crippen LogP contribution is 2.20. The summed E-state index contributed by atoms with van der Waals surface area (Å²) in [6, 6.07) is 5.59. The van der Waals surface area contributed by atoms with Gasteiger partial charge in [0.2, 0.25) is 0 Å². The summed E-state index contributed by atoms with van der Waals surface area (Å²) in [4.78, 5) is 4.21. The SMILES string of the molecule is CCn1ncnc1CNCCc1ccc(Cl)cc1Cl. The Labute approximate surface area is 122 Å². The van der Waals surface area contributed by atoms with E-state index in [1.54, 1.807) is 12.4 Å². The minimum absolute atomic E-state index is 0.665. The molecule has 2 rings (SSSR count). The lowest BCUT2D eigenvalue weighted by molar-refractivity contribution is 0.573. The number of hydrogen-bond acceptors (Lipinski definition) is 3. The third kappa shape index (κ3) is 3.93. The molecule has 0 aliphatic rings. The van der Waals surface area contributed by atoms with E-state index in [-0.39, 0.29) is 0 Å². The quantitative estimate of drug-likeness (QED) is 0.834. The lowest BCUT2D eigenvalue weighted by atomic mass is 10.1. The molecule has 0 fully saturated rings. The molecule has 1 heterocycles. The molecule has 2 aromatic rings. The second-order valence-electron chi connectivity index (χ2n) is 4.15. The van der Waals surface area contributed by atoms with Crippen LogP contribution in [0.25, 0.3) is 0 Å². The van der Waals surface area contributed by atoms with Crippen molar-refractivity contribution in [1.29, 1.82) is 0 Å². The van der Waals surface area contributed by atoms with Crippen molar-refractivity contribution in [3.05, 3.63) is 46.0 Å². The summed E-state index contributed by atoms with van der Waals surface area (Å²) in [6.45, 7) is 4.42. The van der Waals surface area contributed by atoms with Gasteiger partial charge in [0.15, 0.2) is 0 Å². The van der Waals surface area contributed by atoms with Crippen LogP contribution in [0.2, 0.25) is 10.0 Å². The first-order valence-corrected chi connectivity index (χ1v) is 6.97. The lowest BCUT2D eigenvalue weighted by Crippen LogP contribution is -2.20. The molecule has 0 unspecified atom stereocenters. The third-order valence-electron chi connectivity index (χ3n) is 2.86.